The molecule has 4 nitrogen and oxygen atoms in total. The second-order valence-corrected chi connectivity index (χ2v) is 8.83. The van der Waals surface area contributed by atoms with Crippen molar-refractivity contribution in [3.63, 3.8) is 0 Å². The van der Waals surface area contributed by atoms with Crippen LogP contribution in [0, 0.1) is 6.92 Å². The van der Waals surface area contributed by atoms with Crippen LogP contribution in [0.2, 0.25) is 0 Å². The zero-order valence-electron chi connectivity index (χ0n) is 15.1. The first-order valence-electron chi connectivity index (χ1n) is 8.66. The minimum atomic E-state index is 0.295. The third kappa shape index (κ3) is 3.72. The molecule has 0 aliphatic carbocycles. The molecule has 2 heterocycles. The number of hydrogen-bond donors (Lipinski definition) is 2. The molecule has 0 unspecified atom stereocenters. The molecule has 1 fully saturated rings. The van der Waals surface area contributed by atoms with E-state index in [0.29, 0.717) is 4.75 Å². The van der Waals surface area contributed by atoms with Crippen LogP contribution in [-0.2, 0) is 6.42 Å². The van der Waals surface area contributed by atoms with E-state index >= 15 is 0 Å². The number of aryl methyl sites for hydroxylation is 1. The van der Waals surface area contributed by atoms with Gasteiger partial charge in [0.15, 0.2) is 5.96 Å². The van der Waals surface area contributed by atoms with Gasteiger partial charge in [-0.15, -0.1) is 0 Å². The molecule has 0 bridgehead atoms. The van der Waals surface area contributed by atoms with E-state index in [1.54, 1.807) is 0 Å². The summed E-state index contributed by atoms with van der Waals surface area (Å²) in [6.07, 6.45) is 1.00. The molecule has 0 saturated carbocycles. The third-order valence-electron chi connectivity index (χ3n) is 4.62. The molecule has 1 saturated heterocycles. The third-order valence-corrected chi connectivity index (χ3v) is 5.92. The number of nitrogens with zero attached hydrogens (tertiary/aromatic N) is 2. The predicted octanol–water partition coefficient (Wildman–Crippen LogP) is 3.42. The first-order valence-corrected chi connectivity index (χ1v) is 9.64. The van der Waals surface area contributed by atoms with E-state index in [2.05, 4.69) is 65.2 Å². The summed E-state index contributed by atoms with van der Waals surface area (Å²) in [5.41, 5.74) is 3.90. The van der Waals surface area contributed by atoms with Crippen LogP contribution in [0.1, 0.15) is 25.1 Å². The Morgan fingerprint density at radius 1 is 1.38 bits per heavy atom. The highest BCUT2D eigenvalue weighted by molar-refractivity contribution is 8.00. The summed E-state index contributed by atoms with van der Waals surface area (Å²) in [5.74, 6) is 2.19. The number of para-hydroxylation sites is 1. The van der Waals surface area contributed by atoms with Crippen molar-refractivity contribution < 1.29 is 0 Å². The molecular formula is C19H28N4S. The first kappa shape index (κ1) is 17.2. The summed E-state index contributed by atoms with van der Waals surface area (Å²) >= 11 is 2.05. The number of aliphatic imine (C=N–C) groups is 1. The number of benzene rings is 1. The molecule has 5 heteroatoms. The molecule has 1 aliphatic heterocycles. The maximum Gasteiger partial charge on any atom is 0.193 e. The number of rotatable bonds is 3. The van der Waals surface area contributed by atoms with E-state index in [4.69, 9.17) is 0 Å². The van der Waals surface area contributed by atoms with Gasteiger partial charge in [-0.05, 0) is 38.8 Å². The van der Waals surface area contributed by atoms with E-state index in [-0.39, 0.29) is 0 Å². The van der Waals surface area contributed by atoms with E-state index in [1.165, 1.54) is 22.2 Å². The van der Waals surface area contributed by atoms with Crippen LogP contribution < -0.4 is 5.32 Å². The number of aromatic nitrogens is 1. The summed E-state index contributed by atoms with van der Waals surface area (Å²) < 4.78 is 0.295. The van der Waals surface area contributed by atoms with Crippen LogP contribution in [0.25, 0.3) is 10.9 Å². The molecule has 3 rings (SSSR count). The Morgan fingerprint density at radius 3 is 2.92 bits per heavy atom. The van der Waals surface area contributed by atoms with Gasteiger partial charge in [-0.3, -0.25) is 4.99 Å². The van der Waals surface area contributed by atoms with Crippen molar-refractivity contribution >= 4 is 28.6 Å². The topological polar surface area (TPSA) is 43.4 Å². The Balaban J connectivity index is 1.63. The molecule has 1 aliphatic rings. The molecule has 0 amide bonds. The predicted molar refractivity (Wildman–Crippen MR) is 106 cm³/mol. The fourth-order valence-corrected chi connectivity index (χ4v) is 4.60. The molecule has 1 aromatic carbocycles. The van der Waals surface area contributed by atoms with Crippen molar-refractivity contribution in [1.29, 1.82) is 0 Å². The van der Waals surface area contributed by atoms with Gasteiger partial charge in [0.25, 0.3) is 0 Å². The molecule has 0 atom stereocenters. The Labute approximate surface area is 149 Å². The maximum absolute atomic E-state index is 4.50. The monoisotopic (exact) mass is 344 g/mol. The Bertz CT molecular complexity index is 732. The van der Waals surface area contributed by atoms with Crippen molar-refractivity contribution in [3.05, 3.63) is 35.5 Å². The van der Waals surface area contributed by atoms with Gasteiger partial charge >= 0.3 is 0 Å². The molecule has 1 aromatic heterocycles. The molecule has 2 N–H and O–H groups in total. The van der Waals surface area contributed by atoms with Gasteiger partial charge in [0.05, 0.1) is 0 Å². The van der Waals surface area contributed by atoms with Crippen molar-refractivity contribution in [2.24, 2.45) is 4.99 Å². The van der Waals surface area contributed by atoms with Crippen molar-refractivity contribution in [2.75, 3.05) is 32.4 Å². The fraction of sp³-hybridized carbons (Fsp3) is 0.526. The number of aromatic amines is 1. The lowest BCUT2D eigenvalue weighted by molar-refractivity contribution is 0.376. The highest BCUT2D eigenvalue weighted by atomic mass is 32.2. The van der Waals surface area contributed by atoms with E-state index in [9.17, 15) is 0 Å². The Hall–Kier alpha value is -1.62. The highest BCUT2D eigenvalue weighted by Gasteiger charge is 2.28. The lowest BCUT2D eigenvalue weighted by Crippen LogP contribution is -2.51. The van der Waals surface area contributed by atoms with E-state index in [1.807, 2.05) is 18.8 Å². The van der Waals surface area contributed by atoms with Gasteiger partial charge in [0.2, 0.25) is 0 Å². The van der Waals surface area contributed by atoms with Crippen molar-refractivity contribution in [1.82, 2.24) is 15.2 Å². The number of H-pyrrole nitrogens is 1. The zero-order chi connectivity index (χ0) is 17.2. The number of hydrogen-bond acceptors (Lipinski definition) is 2. The number of nitrogens with one attached hydrogen (secondary N) is 2. The summed E-state index contributed by atoms with van der Waals surface area (Å²) in [5, 5.41) is 4.90. The molecule has 130 valence electrons. The molecule has 24 heavy (non-hydrogen) atoms. The normalized spacial score (nSPS) is 18.2. The lowest BCUT2D eigenvalue weighted by Gasteiger charge is -2.39. The largest absolute Gasteiger partial charge is 0.358 e. The van der Waals surface area contributed by atoms with E-state index in [0.717, 1.165) is 37.8 Å². The average molecular weight is 345 g/mol. The molecule has 2 aromatic rings. The SMILES string of the molecule is CN=C(NCCc1c(C)[nH]c2ccccc12)N1CCSC(C)(C)C1. The van der Waals surface area contributed by atoms with Gasteiger partial charge in [-0.1, -0.05) is 18.2 Å². The standard InChI is InChI=1S/C19H28N4S/c1-14-15(16-7-5-6-8-17(16)22-14)9-10-21-18(20-4)23-11-12-24-19(2,3)13-23/h5-8,22H,9-13H2,1-4H3,(H,20,21). The summed E-state index contributed by atoms with van der Waals surface area (Å²) in [6.45, 7) is 9.80. The van der Waals surface area contributed by atoms with Gasteiger partial charge in [0.1, 0.15) is 0 Å². The number of fused-ring (bicyclic) bond motifs is 1. The Kier molecular flexibility index (Phi) is 5.09. The summed E-state index contributed by atoms with van der Waals surface area (Å²) in [4.78, 5) is 10.4. The fourth-order valence-electron chi connectivity index (χ4n) is 3.49. The van der Waals surface area contributed by atoms with Crippen molar-refractivity contribution in [2.45, 2.75) is 31.9 Å². The number of thioether (sulfide) groups is 1. The van der Waals surface area contributed by atoms with Gasteiger partial charge in [-0.25, -0.2) is 0 Å². The minimum Gasteiger partial charge on any atom is -0.358 e. The van der Waals surface area contributed by atoms with Gasteiger partial charge in [-0.2, -0.15) is 11.8 Å². The zero-order valence-corrected chi connectivity index (χ0v) is 16.0. The smallest absolute Gasteiger partial charge is 0.193 e. The first-order chi connectivity index (χ1) is 11.5. The van der Waals surface area contributed by atoms with Crippen LogP contribution in [0.15, 0.2) is 29.3 Å². The molecular weight excluding hydrogens is 316 g/mol. The minimum absolute atomic E-state index is 0.295. The van der Waals surface area contributed by atoms with Crippen LogP contribution in [0.4, 0.5) is 0 Å². The van der Waals surface area contributed by atoms with Gasteiger partial charge in [0, 0.05) is 53.8 Å². The van der Waals surface area contributed by atoms with Crippen LogP contribution in [0.5, 0.6) is 0 Å². The van der Waals surface area contributed by atoms with Gasteiger partial charge < -0.3 is 15.2 Å². The van der Waals surface area contributed by atoms with Crippen LogP contribution in [0.3, 0.4) is 0 Å². The Morgan fingerprint density at radius 2 is 2.17 bits per heavy atom. The summed E-state index contributed by atoms with van der Waals surface area (Å²) in [6, 6.07) is 8.54. The van der Waals surface area contributed by atoms with Crippen LogP contribution >= 0.6 is 11.8 Å². The van der Waals surface area contributed by atoms with E-state index < -0.39 is 0 Å². The average Bonchev–Trinajstić information content (AvgIpc) is 2.86. The summed E-state index contributed by atoms with van der Waals surface area (Å²) in [7, 11) is 1.88. The second kappa shape index (κ2) is 7.09. The molecule has 0 radical (unpaired) electrons. The van der Waals surface area contributed by atoms with Crippen molar-refractivity contribution in [3.8, 4) is 0 Å². The quantitative estimate of drug-likeness (QED) is 0.662. The second-order valence-electron chi connectivity index (χ2n) is 7.03. The lowest BCUT2D eigenvalue weighted by atomic mass is 10.1. The number of guanidine groups is 1. The highest BCUT2D eigenvalue weighted by Crippen LogP contribution is 2.29. The molecule has 0 spiro atoms. The van der Waals surface area contributed by atoms with Crippen LogP contribution in [-0.4, -0.2) is 53.0 Å². The maximum atomic E-state index is 4.50.